The van der Waals surface area contributed by atoms with Crippen molar-refractivity contribution in [3.8, 4) is 0 Å². The van der Waals surface area contributed by atoms with E-state index in [4.69, 9.17) is 18.9 Å². The van der Waals surface area contributed by atoms with Crippen LogP contribution in [-0.4, -0.2) is 62.0 Å². The molecule has 0 aromatic heterocycles. The highest BCUT2D eigenvalue weighted by atomic mass is 19.4. The summed E-state index contributed by atoms with van der Waals surface area (Å²) >= 11 is 0. The second-order valence-electron chi connectivity index (χ2n) is 9.40. The molecule has 4 bridgehead atoms. The smallest absolute Gasteiger partial charge is 0.381 e. The minimum atomic E-state index is -4.85. The molecule has 36 heavy (non-hydrogen) atoms. The molecule has 3 aliphatic heterocycles. The molecule has 0 aliphatic carbocycles. The first-order valence-electron chi connectivity index (χ1n) is 12.0. The number of alkyl halides is 6. The van der Waals surface area contributed by atoms with E-state index in [1.54, 1.807) is 37.3 Å². The predicted octanol–water partition coefficient (Wildman–Crippen LogP) is 3.75. The Balaban J connectivity index is 1.59. The van der Waals surface area contributed by atoms with Gasteiger partial charge in [0.2, 0.25) is 5.60 Å². The maximum atomic E-state index is 14.6. The van der Waals surface area contributed by atoms with Crippen molar-refractivity contribution in [2.45, 2.75) is 88.0 Å². The number of benzene rings is 1. The Labute approximate surface area is 205 Å². The van der Waals surface area contributed by atoms with Gasteiger partial charge in [0.1, 0.15) is 12.5 Å². The van der Waals surface area contributed by atoms with Crippen molar-refractivity contribution in [3.63, 3.8) is 0 Å². The summed E-state index contributed by atoms with van der Waals surface area (Å²) in [6, 6.07) is 7.71. The van der Waals surface area contributed by atoms with Crippen LogP contribution < -0.4 is 16.2 Å². The van der Waals surface area contributed by atoms with Gasteiger partial charge >= 0.3 is 12.4 Å². The molecule has 0 spiro atoms. The standard InChI is InChI=1S/C23H31F6N3O4/c1-14-9-11-33-12-10-21(23(27,28)29,34-13-15-5-3-2-4-6-15)20-32-31-19(36-20)17-8-7-16(22(24,25)26)18(30-17)35-14/h2-6,14,16-20,30-32H,7-13H2,1H3/t14-,16?,17?,18?,19?,20?,21?/m1/s1. The van der Waals surface area contributed by atoms with Crippen LogP contribution in [0, 0.1) is 5.92 Å². The van der Waals surface area contributed by atoms with Gasteiger partial charge in [-0.1, -0.05) is 30.3 Å². The van der Waals surface area contributed by atoms with Gasteiger partial charge in [0.05, 0.1) is 24.7 Å². The summed E-state index contributed by atoms with van der Waals surface area (Å²) in [7, 11) is 0. The Kier molecular flexibility index (Phi) is 8.49. The quantitative estimate of drug-likeness (QED) is 0.518. The summed E-state index contributed by atoms with van der Waals surface area (Å²) in [5.74, 6) is -1.75. The largest absolute Gasteiger partial charge is 0.421 e. The summed E-state index contributed by atoms with van der Waals surface area (Å²) in [5.41, 5.74) is 2.98. The highest BCUT2D eigenvalue weighted by Gasteiger charge is 2.63. The lowest BCUT2D eigenvalue weighted by Crippen LogP contribution is -2.61. The van der Waals surface area contributed by atoms with Gasteiger partial charge in [-0.15, -0.1) is 0 Å². The molecule has 7 atom stereocenters. The van der Waals surface area contributed by atoms with E-state index in [1.807, 2.05) is 0 Å². The Hall–Kier alpha value is -1.48. The molecule has 7 nitrogen and oxygen atoms in total. The number of halogens is 6. The minimum Gasteiger partial charge on any atom is -0.381 e. The van der Waals surface area contributed by atoms with Crippen LogP contribution in [0.1, 0.15) is 38.2 Å². The zero-order valence-electron chi connectivity index (χ0n) is 19.7. The number of fused-ring (bicyclic) bond motifs is 5. The highest BCUT2D eigenvalue weighted by molar-refractivity contribution is 5.14. The lowest BCUT2D eigenvalue weighted by Gasteiger charge is -2.42. The van der Waals surface area contributed by atoms with E-state index in [2.05, 4.69) is 16.2 Å². The molecule has 3 heterocycles. The Bertz CT molecular complexity index is 845. The van der Waals surface area contributed by atoms with Gasteiger partial charge in [-0.25, -0.2) is 10.9 Å². The predicted molar refractivity (Wildman–Crippen MR) is 115 cm³/mol. The normalized spacial score (nSPS) is 36.9. The van der Waals surface area contributed by atoms with Gasteiger partial charge in [-0.2, -0.15) is 26.3 Å². The lowest BCUT2D eigenvalue weighted by molar-refractivity contribution is -0.323. The van der Waals surface area contributed by atoms with Crippen molar-refractivity contribution in [2.75, 3.05) is 13.2 Å². The van der Waals surface area contributed by atoms with Gasteiger partial charge in [0, 0.05) is 19.6 Å². The minimum absolute atomic E-state index is 0.0143. The van der Waals surface area contributed by atoms with Crippen LogP contribution in [0.5, 0.6) is 0 Å². The van der Waals surface area contributed by atoms with Crippen molar-refractivity contribution in [1.82, 2.24) is 16.2 Å². The van der Waals surface area contributed by atoms with E-state index in [-0.39, 0.29) is 39.1 Å². The van der Waals surface area contributed by atoms with Crippen LogP contribution in [0.2, 0.25) is 0 Å². The van der Waals surface area contributed by atoms with Crippen molar-refractivity contribution in [2.24, 2.45) is 5.92 Å². The van der Waals surface area contributed by atoms with Crippen molar-refractivity contribution < 1.29 is 45.3 Å². The number of piperidine rings is 1. The van der Waals surface area contributed by atoms with Crippen molar-refractivity contribution >= 4 is 0 Å². The van der Waals surface area contributed by atoms with Gasteiger partial charge < -0.3 is 18.9 Å². The Morgan fingerprint density at radius 2 is 1.69 bits per heavy atom. The monoisotopic (exact) mass is 527 g/mol. The maximum absolute atomic E-state index is 14.6. The molecule has 3 fully saturated rings. The molecular formula is C23H31F6N3O4. The fourth-order valence-corrected chi connectivity index (χ4v) is 4.75. The van der Waals surface area contributed by atoms with Gasteiger partial charge in [-0.3, -0.25) is 5.32 Å². The lowest BCUT2D eigenvalue weighted by atomic mass is 9.91. The topological polar surface area (TPSA) is 73.0 Å². The van der Waals surface area contributed by atoms with Gasteiger partial charge in [0.15, 0.2) is 6.23 Å². The van der Waals surface area contributed by atoms with Crippen LogP contribution in [0.3, 0.4) is 0 Å². The first kappa shape index (κ1) is 27.6. The maximum Gasteiger partial charge on any atom is 0.421 e. The van der Waals surface area contributed by atoms with Crippen molar-refractivity contribution in [1.29, 1.82) is 0 Å². The molecule has 0 saturated carbocycles. The van der Waals surface area contributed by atoms with E-state index in [0.29, 0.717) is 5.56 Å². The number of rotatable bonds is 3. The van der Waals surface area contributed by atoms with Crippen LogP contribution in [-0.2, 0) is 25.6 Å². The third-order valence-electron chi connectivity index (χ3n) is 6.87. The van der Waals surface area contributed by atoms with Crippen LogP contribution >= 0.6 is 0 Å². The summed E-state index contributed by atoms with van der Waals surface area (Å²) in [4.78, 5) is 0. The molecular weight excluding hydrogens is 496 g/mol. The van der Waals surface area contributed by atoms with Crippen LogP contribution in [0.25, 0.3) is 0 Å². The molecule has 204 valence electrons. The summed E-state index contributed by atoms with van der Waals surface area (Å²) < 4.78 is 107. The number of ether oxygens (including phenoxy) is 4. The first-order valence-corrected chi connectivity index (χ1v) is 12.0. The van der Waals surface area contributed by atoms with E-state index in [1.165, 1.54) is 0 Å². The van der Waals surface area contributed by atoms with Gasteiger partial charge in [-0.05, 0) is 31.7 Å². The third kappa shape index (κ3) is 6.14. The summed E-state index contributed by atoms with van der Waals surface area (Å²) in [5, 5.41) is 2.81. The Morgan fingerprint density at radius 3 is 2.39 bits per heavy atom. The second kappa shape index (κ2) is 11.1. The number of hydrogen-bond acceptors (Lipinski definition) is 7. The summed E-state index contributed by atoms with van der Waals surface area (Å²) in [6.07, 6.45) is -14.6. The average Bonchev–Trinajstić information content (AvgIpc) is 3.30. The fraction of sp³-hybridized carbons (Fsp3) is 0.739. The molecule has 3 aliphatic rings. The van der Waals surface area contributed by atoms with Crippen LogP contribution in [0.4, 0.5) is 26.3 Å². The Morgan fingerprint density at radius 1 is 0.944 bits per heavy atom. The van der Waals surface area contributed by atoms with E-state index < -0.39 is 61.1 Å². The van der Waals surface area contributed by atoms with E-state index in [0.717, 1.165) is 0 Å². The molecule has 0 amide bonds. The van der Waals surface area contributed by atoms with E-state index in [9.17, 15) is 26.3 Å². The van der Waals surface area contributed by atoms with Crippen LogP contribution in [0.15, 0.2) is 30.3 Å². The first-order chi connectivity index (χ1) is 17.0. The zero-order valence-corrected chi connectivity index (χ0v) is 19.7. The number of hydrazine groups is 1. The molecule has 13 heteroatoms. The van der Waals surface area contributed by atoms with Crippen molar-refractivity contribution in [3.05, 3.63) is 35.9 Å². The molecule has 3 saturated heterocycles. The zero-order chi connectivity index (χ0) is 26.0. The average molecular weight is 528 g/mol. The van der Waals surface area contributed by atoms with E-state index >= 15 is 0 Å². The molecule has 1 aromatic rings. The van der Waals surface area contributed by atoms with Gasteiger partial charge in [0.25, 0.3) is 0 Å². The third-order valence-corrected chi connectivity index (χ3v) is 6.87. The SMILES string of the molecule is C[C@@H]1CCOCCC(OCc2ccccc2)(C(F)(F)F)C2NNC(O2)C2CCC(C(F)(F)F)C(N2)O1. The molecule has 3 N–H and O–H groups in total. The molecule has 4 rings (SSSR count). The highest BCUT2D eigenvalue weighted by Crippen LogP contribution is 2.43. The number of hydrogen-bond donors (Lipinski definition) is 3. The fourth-order valence-electron chi connectivity index (χ4n) is 4.75. The summed E-state index contributed by atoms with van der Waals surface area (Å²) in [6.45, 7) is 0.997. The molecule has 1 aromatic carbocycles. The number of nitrogens with one attached hydrogen (secondary N) is 3. The molecule has 0 radical (unpaired) electrons. The molecule has 6 unspecified atom stereocenters. The second-order valence-corrected chi connectivity index (χ2v) is 9.40.